The largest absolute Gasteiger partial charge is 0.339 e. The predicted octanol–water partition coefficient (Wildman–Crippen LogP) is 0.982. The number of nitrogens with zero attached hydrogens (tertiary/aromatic N) is 1. The number of likely N-dealkylation sites (tertiary alicyclic amines) is 1. The molecule has 1 aromatic carbocycles. The molecule has 1 aliphatic heterocycles. The van der Waals surface area contributed by atoms with E-state index in [0.29, 0.717) is 18.2 Å². The van der Waals surface area contributed by atoms with Crippen molar-refractivity contribution in [2.75, 3.05) is 19.6 Å². The van der Waals surface area contributed by atoms with Crippen molar-refractivity contribution in [3.63, 3.8) is 0 Å². The zero-order chi connectivity index (χ0) is 14.0. The van der Waals surface area contributed by atoms with Gasteiger partial charge < -0.3 is 10.6 Å². The Morgan fingerprint density at radius 3 is 2.72 bits per heavy atom. The molecular formula is C14H21BN2O. The van der Waals surface area contributed by atoms with E-state index in [2.05, 4.69) is 7.85 Å². The molecule has 1 saturated heterocycles. The molecule has 2 rings (SSSR count). The summed E-state index contributed by atoms with van der Waals surface area (Å²) in [6.45, 7) is 4.07. The zero-order valence-corrected chi connectivity index (χ0v) is 11.2. The lowest BCUT2D eigenvalue weighted by Crippen LogP contribution is -2.43. The van der Waals surface area contributed by atoms with Crippen LogP contribution in [0.2, 0.25) is 5.31 Å². The van der Waals surface area contributed by atoms with Crippen LogP contribution in [0.4, 0.5) is 0 Å². The lowest BCUT2D eigenvalue weighted by atomic mass is 9.63. The minimum atomic E-state index is 0.0348. The second-order valence-electron chi connectivity index (χ2n) is 5.57. The number of nitrogens with two attached hydrogens (primary N) is 1. The first-order chi connectivity index (χ1) is 8.95. The number of piperidine rings is 1. The van der Waals surface area contributed by atoms with Crippen molar-refractivity contribution in [3.05, 3.63) is 35.4 Å². The number of carbonyl (C=O) groups excluding carboxylic acids is 1. The average molecular weight is 245 g/mol. The van der Waals surface area contributed by atoms with Crippen molar-refractivity contribution in [1.82, 2.24) is 4.90 Å². The second kappa shape index (κ2) is 5.15. The van der Waals surface area contributed by atoms with Crippen molar-refractivity contribution in [2.45, 2.75) is 25.1 Å². The minimum absolute atomic E-state index is 0.0348. The molecule has 0 aromatic heterocycles. The lowest BCUT2D eigenvalue weighted by molar-refractivity contribution is 0.0701. The molecule has 1 fully saturated rings. The topological polar surface area (TPSA) is 46.3 Å². The monoisotopic (exact) mass is 245 g/mol. The first-order valence-electron chi connectivity index (χ1n) is 7.02. The van der Waals surface area contributed by atoms with Crippen molar-refractivity contribution in [3.8, 4) is 0 Å². The predicted molar refractivity (Wildman–Crippen MR) is 76.6 cm³/mol. The molecule has 1 aromatic rings. The van der Waals surface area contributed by atoms with Gasteiger partial charge in [-0.05, 0) is 43.8 Å². The van der Waals surface area contributed by atoms with Crippen LogP contribution < -0.4 is 5.73 Å². The molecular weight excluding hydrogens is 223 g/mol. The van der Waals surface area contributed by atoms with Gasteiger partial charge in [0.1, 0.15) is 7.85 Å². The molecule has 2 N–H and O–H groups in total. The van der Waals surface area contributed by atoms with Gasteiger partial charge in [-0.3, -0.25) is 4.79 Å². The molecule has 0 unspecified atom stereocenters. The van der Waals surface area contributed by atoms with E-state index in [4.69, 9.17) is 7.10 Å². The van der Waals surface area contributed by atoms with Gasteiger partial charge in [-0.1, -0.05) is 17.7 Å². The Labute approximate surface area is 111 Å². The van der Waals surface area contributed by atoms with Crippen LogP contribution in [-0.4, -0.2) is 38.3 Å². The van der Waals surface area contributed by atoms with E-state index in [-0.39, 0.29) is 11.2 Å². The fourth-order valence-corrected chi connectivity index (χ4v) is 2.27. The van der Waals surface area contributed by atoms with E-state index < -0.39 is 0 Å². The van der Waals surface area contributed by atoms with Crippen LogP contribution in [0.25, 0.3) is 0 Å². The summed E-state index contributed by atoms with van der Waals surface area (Å²) in [5.74, 6) is 0.0348. The quantitative estimate of drug-likeness (QED) is 0.789. The second-order valence-corrected chi connectivity index (χ2v) is 5.57. The van der Waals surface area contributed by atoms with E-state index in [9.17, 15) is 4.79 Å². The third-order valence-electron chi connectivity index (χ3n) is 3.97. The zero-order valence-electron chi connectivity index (χ0n) is 12.2. The van der Waals surface area contributed by atoms with Crippen LogP contribution in [0.15, 0.2) is 24.2 Å². The molecule has 0 aliphatic carbocycles. The maximum absolute atomic E-state index is 12.4. The highest BCUT2D eigenvalue weighted by atomic mass is 16.2. The van der Waals surface area contributed by atoms with E-state index >= 15 is 0 Å². The third-order valence-corrected chi connectivity index (χ3v) is 3.97. The van der Waals surface area contributed by atoms with E-state index in [1.807, 2.05) is 24.0 Å². The molecule has 18 heavy (non-hydrogen) atoms. The average Bonchev–Trinajstić information content (AvgIpc) is 2.42. The van der Waals surface area contributed by atoms with Gasteiger partial charge in [0.15, 0.2) is 0 Å². The van der Waals surface area contributed by atoms with Crippen LogP contribution in [0.3, 0.4) is 0 Å². The molecule has 4 heteroatoms. The van der Waals surface area contributed by atoms with Crippen LogP contribution in [0, 0.1) is 6.92 Å². The number of benzene rings is 1. The van der Waals surface area contributed by atoms with Gasteiger partial charge >= 0.3 is 0 Å². The summed E-state index contributed by atoms with van der Waals surface area (Å²) in [7, 11) is 2.18. The Balaban J connectivity index is 2.07. The van der Waals surface area contributed by atoms with Crippen molar-refractivity contribution < 1.29 is 6.17 Å². The molecule has 0 bridgehead atoms. The van der Waals surface area contributed by atoms with E-state index in [1.54, 1.807) is 6.07 Å². The molecule has 0 atom stereocenters. The van der Waals surface area contributed by atoms with Gasteiger partial charge in [-0.25, -0.2) is 0 Å². The highest BCUT2D eigenvalue weighted by molar-refractivity contribution is 6.15. The summed E-state index contributed by atoms with van der Waals surface area (Å²) in [5, 5.41) is 0.171. The van der Waals surface area contributed by atoms with Crippen LogP contribution >= 0.6 is 0 Å². The van der Waals surface area contributed by atoms with E-state index in [0.717, 1.165) is 31.5 Å². The summed E-state index contributed by atoms with van der Waals surface area (Å²) in [5.41, 5.74) is 7.29. The first-order valence-corrected chi connectivity index (χ1v) is 6.52. The summed E-state index contributed by atoms with van der Waals surface area (Å²) in [6.07, 6.45) is 1.91. The highest BCUT2D eigenvalue weighted by Gasteiger charge is 2.30. The number of aryl methyl sites for hydroxylation is 1. The molecule has 0 saturated carbocycles. The first kappa shape index (κ1) is 11.8. The van der Waals surface area contributed by atoms with Crippen molar-refractivity contribution in [2.24, 2.45) is 5.73 Å². The lowest BCUT2D eigenvalue weighted by Gasteiger charge is -2.38. The summed E-state index contributed by atoms with van der Waals surface area (Å²) >= 11 is 0. The third kappa shape index (κ3) is 2.75. The van der Waals surface area contributed by atoms with Crippen molar-refractivity contribution in [1.29, 1.82) is 0 Å². The molecule has 1 amide bonds. The standard InChI is InChI=1S/C14H21BN2O/c1-11-2-4-12(5-3-11)13(18)17-8-6-14(15,10-16)7-9-17/h2-5H,6-10,15-16H2,1H3/i2D. The summed E-state index contributed by atoms with van der Waals surface area (Å²) in [6, 6.07) is 5.74. The van der Waals surface area contributed by atoms with Crippen LogP contribution in [0.5, 0.6) is 0 Å². The van der Waals surface area contributed by atoms with Crippen LogP contribution in [0.1, 0.15) is 30.1 Å². The molecule has 1 heterocycles. The highest BCUT2D eigenvalue weighted by Crippen LogP contribution is 2.34. The molecule has 0 radical (unpaired) electrons. The molecule has 96 valence electrons. The Bertz CT molecular complexity index is 484. The fourth-order valence-electron chi connectivity index (χ4n) is 2.27. The van der Waals surface area contributed by atoms with Gasteiger partial charge in [-0.2, -0.15) is 0 Å². The smallest absolute Gasteiger partial charge is 0.253 e. The maximum atomic E-state index is 12.4. The van der Waals surface area contributed by atoms with Crippen molar-refractivity contribution >= 4 is 13.8 Å². The van der Waals surface area contributed by atoms with Crippen LogP contribution in [-0.2, 0) is 0 Å². The van der Waals surface area contributed by atoms with Gasteiger partial charge in [0.25, 0.3) is 5.91 Å². The Morgan fingerprint density at radius 1 is 1.50 bits per heavy atom. The van der Waals surface area contributed by atoms with Gasteiger partial charge in [-0.15, -0.1) is 0 Å². The molecule has 1 aliphatic rings. The summed E-state index contributed by atoms with van der Waals surface area (Å²) < 4.78 is 7.77. The van der Waals surface area contributed by atoms with Gasteiger partial charge in [0.05, 0.1) is 1.37 Å². The summed E-state index contributed by atoms with van der Waals surface area (Å²) in [4.78, 5) is 14.3. The van der Waals surface area contributed by atoms with Gasteiger partial charge in [0.2, 0.25) is 0 Å². The van der Waals surface area contributed by atoms with Gasteiger partial charge in [0, 0.05) is 18.7 Å². The fraction of sp³-hybridized carbons (Fsp3) is 0.500. The minimum Gasteiger partial charge on any atom is -0.339 e. The SMILES string of the molecule is [2H]c1cc(C(=O)N2CCC(B)(CN)CC2)ccc1C. The normalized spacial score (nSPS) is 19.4. The molecule has 3 nitrogen and oxygen atoms in total. The Morgan fingerprint density at radius 2 is 2.17 bits per heavy atom. The number of hydrogen-bond acceptors (Lipinski definition) is 2. The Kier molecular flexibility index (Phi) is 3.37. The van der Waals surface area contributed by atoms with E-state index in [1.165, 1.54) is 0 Å². The number of carbonyl (C=O) groups is 1. The maximum Gasteiger partial charge on any atom is 0.253 e. The number of amides is 1. The number of rotatable bonds is 2. The Hall–Kier alpha value is -1.29. The number of hydrogen-bond donors (Lipinski definition) is 1. The molecule has 0 spiro atoms.